The molecule has 0 bridgehead atoms. The zero-order valence-electron chi connectivity index (χ0n) is 5.18. The van der Waals surface area contributed by atoms with E-state index in [0.717, 1.165) is 0 Å². The Balaban J connectivity index is 4.57. The molecular weight excluding hydrogens is 249 g/mol. The second-order valence-electron chi connectivity index (χ2n) is 1.88. The van der Waals surface area contributed by atoms with E-state index >= 15 is 0 Å². The highest BCUT2D eigenvalue weighted by molar-refractivity contribution is 6.45. The van der Waals surface area contributed by atoms with Crippen molar-refractivity contribution in [3.8, 4) is 0 Å². The van der Waals surface area contributed by atoms with Crippen LogP contribution < -0.4 is 0 Å². The van der Waals surface area contributed by atoms with Gasteiger partial charge >= 0.3 is 11.3 Å². The zero-order valence-corrected chi connectivity index (χ0v) is 7.45. The van der Waals surface area contributed by atoms with Gasteiger partial charge in [0.1, 0.15) is 0 Å². The predicted octanol–water partition coefficient (Wildman–Crippen LogP) is 3.60. The van der Waals surface area contributed by atoms with Gasteiger partial charge < -0.3 is 0 Å². The molecule has 0 saturated heterocycles. The van der Waals surface area contributed by atoms with Crippen molar-refractivity contribution in [3.05, 3.63) is 0 Å². The van der Waals surface area contributed by atoms with Gasteiger partial charge in [0.15, 0.2) is 4.84 Å². The summed E-state index contributed by atoms with van der Waals surface area (Å²) in [5.41, 5.74) is 0. The first kappa shape index (κ1) is 12.5. The van der Waals surface area contributed by atoms with Crippen molar-refractivity contribution in [2.45, 2.75) is 22.3 Å². The van der Waals surface area contributed by atoms with Crippen LogP contribution in [0, 0.1) is 0 Å². The molecule has 0 aromatic rings. The minimum Gasteiger partial charge on any atom is -0.232 e. The summed E-state index contributed by atoms with van der Waals surface area (Å²) in [6, 6.07) is 0. The molecule has 0 saturated carbocycles. The van der Waals surface area contributed by atoms with Crippen molar-refractivity contribution in [1.29, 1.82) is 0 Å². The number of alkyl halides is 8. The molecule has 0 fully saturated rings. The monoisotopic (exact) mass is 250 g/mol. The molecule has 0 rings (SSSR count). The Morgan fingerprint density at radius 3 is 1.42 bits per heavy atom. The van der Waals surface area contributed by atoms with Gasteiger partial charge in [-0.1, -0.05) is 23.2 Å². The molecule has 0 aliphatic rings. The molecule has 0 heterocycles. The average molecular weight is 251 g/mol. The normalized spacial score (nSPS) is 16.8. The third-order valence-electron chi connectivity index (χ3n) is 0.916. The third kappa shape index (κ3) is 2.78. The summed E-state index contributed by atoms with van der Waals surface area (Å²) in [4.78, 5) is -2.57. The molecule has 0 aliphatic heterocycles. The molecule has 0 aromatic heterocycles. The van der Waals surface area contributed by atoms with Crippen LogP contribution in [0.3, 0.4) is 0 Å². The third-order valence-corrected chi connectivity index (χ3v) is 1.69. The lowest BCUT2D eigenvalue weighted by atomic mass is 10.2. The number of hydrogen-bond acceptors (Lipinski definition) is 0. The van der Waals surface area contributed by atoms with E-state index in [1.807, 2.05) is 0 Å². The maximum absolute atomic E-state index is 12.2. The average Bonchev–Trinajstić information content (AvgIpc) is 1.83. The van der Waals surface area contributed by atoms with Crippen molar-refractivity contribution in [1.82, 2.24) is 0 Å². The first-order valence-corrected chi connectivity index (χ1v) is 3.72. The van der Waals surface area contributed by atoms with E-state index in [9.17, 15) is 22.0 Å². The van der Waals surface area contributed by atoms with Gasteiger partial charge in [-0.3, -0.25) is 0 Å². The summed E-state index contributed by atoms with van der Waals surface area (Å²) in [6.45, 7) is 0. The molecule has 0 radical (unpaired) electrons. The lowest BCUT2D eigenvalue weighted by Gasteiger charge is -2.23. The van der Waals surface area contributed by atoms with Gasteiger partial charge in [-0.05, 0) is 11.6 Å². The lowest BCUT2D eigenvalue weighted by molar-refractivity contribution is -0.136. The van der Waals surface area contributed by atoms with Crippen LogP contribution in [0.15, 0.2) is 0 Å². The van der Waals surface area contributed by atoms with Gasteiger partial charge in [0, 0.05) is 0 Å². The highest BCUT2D eigenvalue weighted by Crippen LogP contribution is 2.41. The van der Waals surface area contributed by atoms with Gasteiger partial charge in [0.25, 0.3) is 0 Å². The lowest BCUT2D eigenvalue weighted by Crippen LogP contribution is -2.45. The SMILES string of the molecule is FC(C(F)(F)Cl)C(F)(F)C(Cl)Cl. The summed E-state index contributed by atoms with van der Waals surface area (Å²) in [7, 11) is 0. The van der Waals surface area contributed by atoms with E-state index in [1.165, 1.54) is 0 Å². The molecule has 0 amide bonds. The van der Waals surface area contributed by atoms with Crippen LogP contribution in [-0.2, 0) is 0 Å². The van der Waals surface area contributed by atoms with Crippen LogP contribution in [0.25, 0.3) is 0 Å². The van der Waals surface area contributed by atoms with Crippen LogP contribution in [0.1, 0.15) is 0 Å². The number of hydrogen-bond donors (Lipinski definition) is 0. The second-order valence-corrected chi connectivity index (χ2v) is 3.48. The fourth-order valence-corrected chi connectivity index (χ4v) is 0.696. The van der Waals surface area contributed by atoms with E-state index in [0.29, 0.717) is 0 Å². The van der Waals surface area contributed by atoms with E-state index in [-0.39, 0.29) is 0 Å². The molecule has 0 aromatic carbocycles. The van der Waals surface area contributed by atoms with Crippen LogP contribution in [-0.4, -0.2) is 22.3 Å². The first-order chi connectivity index (χ1) is 5.10. The van der Waals surface area contributed by atoms with Crippen molar-refractivity contribution < 1.29 is 22.0 Å². The zero-order chi connectivity index (χ0) is 10.2. The van der Waals surface area contributed by atoms with E-state index in [2.05, 4.69) is 34.8 Å². The summed E-state index contributed by atoms with van der Waals surface area (Å²) in [5.74, 6) is -4.58. The first-order valence-electron chi connectivity index (χ1n) is 2.47. The highest BCUT2D eigenvalue weighted by Gasteiger charge is 2.58. The molecule has 8 heteroatoms. The quantitative estimate of drug-likeness (QED) is 0.531. The second kappa shape index (κ2) is 3.72. The Hall–Kier alpha value is 0.520. The molecule has 0 N–H and O–H groups in total. The molecular formula is C4H2Cl3F5. The Morgan fingerprint density at radius 2 is 1.33 bits per heavy atom. The van der Waals surface area contributed by atoms with E-state index in [4.69, 9.17) is 0 Å². The standard InChI is InChI=1S/C4H2Cl3F5/c5-2(6)3(9,10)1(8)4(7,11)12/h1-2H. The van der Waals surface area contributed by atoms with Gasteiger partial charge in [-0.2, -0.15) is 8.78 Å². The van der Waals surface area contributed by atoms with Crippen LogP contribution >= 0.6 is 34.8 Å². The Bertz CT molecular complexity index is 153. The molecule has 0 aliphatic carbocycles. The molecule has 0 nitrogen and oxygen atoms in total. The fraction of sp³-hybridized carbons (Fsp3) is 1.00. The molecule has 1 unspecified atom stereocenters. The number of rotatable bonds is 3. The molecule has 12 heavy (non-hydrogen) atoms. The van der Waals surface area contributed by atoms with Gasteiger partial charge in [0.05, 0.1) is 0 Å². The van der Waals surface area contributed by atoms with Crippen molar-refractivity contribution in [2.24, 2.45) is 0 Å². The van der Waals surface area contributed by atoms with Gasteiger partial charge in [0.2, 0.25) is 6.17 Å². The fourth-order valence-electron chi connectivity index (χ4n) is 0.329. The van der Waals surface area contributed by atoms with Crippen molar-refractivity contribution in [2.75, 3.05) is 0 Å². The van der Waals surface area contributed by atoms with Crippen molar-refractivity contribution in [3.63, 3.8) is 0 Å². The van der Waals surface area contributed by atoms with Gasteiger partial charge in [-0.25, -0.2) is 13.2 Å². The predicted molar refractivity (Wildman–Crippen MR) is 36.1 cm³/mol. The summed E-state index contributed by atoms with van der Waals surface area (Å²) < 4.78 is 60.1. The Morgan fingerprint density at radius 1 is 1.00 bits per heavy atom. The molecule has 0 spiro atoms. The van der Waals surface area contributed by atoms with Crippen molar-refractivity contribution >= 4 is 34.8 Å². The van der Waals surface area contributed by atoms with Crippen LogP contribution in [0.4, 0.5) is 22.0 Å². The maximum Gasteiger partial charge on any atom is 0.358 e. The smallest absolute Gasteiger partial charge is 0.232 e. The topological polar surface area (TPSA) is 0 Å². The number of halogens is 8. The maximum atomic E-state index is 12.2. The summed E-state index contributed by atoms with van der Waals surface area (Å²) in [5, 5.41) is -4.69. The van der Waals surface area contributed by atoms with Crippen LogP contribution in [0.5, 0.6) is 0 Å². The summed E-state index contributed by atoms with van der Waals surface area (Å²) >= 11 is 13.1. The largest absolute Gasteiger partial charge is 0.358 e. The molecule has 74 valence electrons. The van der Waals surface area contributed by atoms with E-state index in [1.54, 1.807) is 0 Å². The Kier molecular flexibility index (Phi) is 3.88. The molecule has 1 atom stereocenters. The summed E-state index contributed by atoms with van der Waals surface area (Å²) in [6.07, 6.45) is -3.91. The van der Waals surface area contributed by atoms with E-state index < -0.39 is 22.3 Å². The minimum atomic E-state index is -4.69. The van der Waals surface area contributed by atoms with Gasteiger partial charge in [-0.15, -0.1) is 0 Å². The van der Waals surface area contributed by atoms with Crippen LogP contribution in [0.2, 0.25) is 0 Å². The Labute approximate surface area is 79.6 Å². The minimum absolute atomic E-state index is 2.57. The highest BCUT2D eigenvalue weighted by atomic mass is 35.5.